The average Bonchev–Trinajstić information content (AvgIpc) is 2.34. The van der Waals surface area contributed by atoms with Crippen LogP contribution in [-0.2, 0) is 6.18 Å². The van der Waals surface area contributed by atoms with Crippen molar-refractivity contribution in [3.63, 3.8) is 0 Å². The van der Waals surface area contributed by atoms with Crippen molar-refractivity contribution in [1.29, 1.82) is 5.26 Å². The van der Waals surface area contributed by atoms with Crippen LogP contribution in [0.3, 0.4) is 0 Å². The van der Waals surface area contributed by atoms with Crippen LogP contribution in [0, 0.1) is 22.6 Å². The third kappa shape index (κ3) is 4.72. The molecule has 2 nitrogen and oxygen atoms in total. The zero-order chi connectivity index (χ0) is 15.4. The van der Waals surface area contributed by atoms with Crippen molar-refractivity contribution < 1.29 is 17.6 Å². The summed E-state index contributed by atoms with van der Waals surface area (Å²) in [6, 6.07) is 4.86. The monoisotopic (exact) mass is 288 g/mol. The number of hydrogen-bond acceptors (Lipinski definition) is 2. The first kappa shape index (κ1) is 16.3. The van der Waals surface area contributed by atoms with Gasteiger partial charge < -0.3 is 5.32 Å². The zero-order valence-corrected chi connectivity index (χ0v) is 11.3. The van der Waals surface area contributed by atoms with E-state index in [1.165, 1.54) is 6.07 Å². The molecule has 0 aliphatic heterocycles. The minimum absolute atomic E-state index is 0.212. The van der Waals surface area contributed by atoms with E-state index in [0.29, 0.717) is 19.4 Å². The van der Waals surface area contributed by atoms with Gasteiger partial charge in [-0.3, -0.25) is 0 Å². The van der Waals surface area contributed by atoms with E-state index in [1.54, 1.807) is 0 Å². The van der Waals surface area contributed by atoms with Crippen molar-refractivity contribution in [2.24, 2.45) is 5.41 Å². The molecule has 0 amide bonds. The zero-order valence-electron chi connectivity index (χ0n) is 11.3. The molecular formula is C14H16F4N2. The van der Waals surface area contributed by atoms with Crippen LogP contribution in [0.4, 0.5) is 23.2 Å². The fourth-order valence-electron chi connectivity index (χ4n) is 1.68. The third-order valence-electron chi connectivity index (χ3n) is 2.96. The van der Waals surface area contributed by atoms with E-state index in [1.807, 2.05) is 19.9 Å². The van der Waals surface area contributed by atoms with Gasteiger partial charge in [0, 0.05) is 18.7 Å². The number of benzene rings is 1. The van der Waals surface area contributed by atoms with E-state index in [0.717, 1.165) is 12.1 Å². The molecule has 0 aromatic heterocycles. The number of hydrogen-bond donors (Lipinski definition) is 1. The van der Waals surface area contributed by atoms with Gasteiger partial charge in [-0.1, -0.05) is 13.8 Å². The van der Waals surface area contributed by atoms with Crippen molar-refractivity contribution in [3.05, 3.63) is 29.6 Å². The molecule has 1 rings (SSSR count). The quantitative estimate of drug-likeness (QED) is 0.805. The Hall–Kier alpha value is -1.77. The first-order valence-corrected chi connectivity index (χ1v) is 6.13. The lowest BCUT2D eigenvalue weighted by atomic mass is 9.88. The maximum atomic E-state index is 13.1. The molecule has 6 heteroatoms. The number of alkyl halides is 3. The second-order valence-corrected chi connectivity index (χ2v) is 5.37. The Labute approximate surface area is 115 Å². The highest BCUT2D eigenvalue weighted by Crippen LogP contribution is 2.33. The number of nitrogens with one attached hydrogen (secondary N) is 1. The minimum Gasteiger partial charge on any atom is -0.384 e. The van der Waals surface area contributed by atoms with Gasteiger partial charge in [-0.2, -0.15) is 18.4 Å². The molecule has 110 valence electrons. The number of anilines is 1. The highest BCUT2D eigenvalue weighted by Gasteiger charge is 2.34. The molecule has 0 aliphatic rings. The van der Waals surface area contributed by atoms with E-state index in [4.69, 9.17) is 5.26 Å². The van der Waals surface area contributed by atoms with Gasteiger partial charge in [0.15, 0.2) is 0 Å². The molecule has 0 fully saturated rings. The van der Waals surface area contributed by atoms with Crippen molar-refractivity contribution in [2.75, 3.05) is 11.9 Å². The summed E-state index contributed by atoms with van der Waals surface area (Å²) in [5, 5.41) is 11.4. The first-order valence-electron chi connectivity index (χ1n) is 6.13. The molecule has 1 aromatic rings. The Morgan fingerprint density at radius 2 is 1.90 bits per heavy atom. The van der Waals surface area contributed by atoms with Crippen LogP contribution in [0.2, 0.25) is 0 Å². The summed E-state index contributed by atoms with van der Waals surface area (Å²) in [6.45, 7) is 4.22. The predicted molar refractivity (Wildman–Crippen MR) is 68.5 cm³/mol. The smallest absolute Gasteiger partial charge is 0.384 e. The average molecular weight is 288 g/mol. The van der Waals surface area contributed by atoms with Crippen LogP contribution in [0.5, 0.6) is 0 Å². The molecule has 1 N–H and O–H groups in total. The predicted octanol–water partition coefficient (Wildman–Crippen LogP) is 4.59. The van der Waals surface area contributed by atoms with Crippen molar-refractivity contribution in [3.8, 4) is 6.07 Å². The highest BCUT2D eigenvalue weighted by atomic mass is 19.4. The maximum absolute atomic E-state index is 13.1. The van der Waals surface area contributed by atoms with Crippen LogP contribution < -0.4 is 5.32 Å². The molecule has 0 bridgehead atoms. The van der Waals surface area contributed by atoms with E-state index < -0.39 is 17.6 Å². The lowest BCUT2D eigenvalue weighted by molar-refractivity contribution is -0.139. The standard InChI is InChI=1S/C14H16F4N2/c1-13(2,6-3-7-19)9-20-10-4-5-12(15)11(8-10)14(16,17)18/h4-5,8,20H,3,6,9H2,1-2H3. The minimum atomic E-state index is -4.71. The third-order valence-corrected chi connectivity index (χ3v) is 2.96. The van der Waals surface area contributed by atoms with E-state index in [2.05, 4.69) is 5.32 Å². The summed E-state index contributed by atoms with van der Waals surface area (Å²) in [4.78, 5) is 0. The van der Waals surface area contributed by atoms with Crippen LogP contribution in [0.25, 0.3) is 0 Å². The second-order valence-electron chi connectivity index (χ2n) is 5.37. The summed E-state index contributed by atoms with van der Waals surface area (Å²) in [5.41, 5.74) is -1.30. The summed E-state index contributed by atoms with van der Waals surface area (Å²) in [6.07, 6.45) is -3.70. The molecule has 0 unspecified atom stereocenters. The van der Waals surface area contributed by atoms with Gasteiger partial charge >= 0.3 is 6.18 Å². The topological polar surface area (TPSA) is 35.8 Å². The molecule has 1 aromatic carbocycles. The van der Waals surface area contributed by atoms with E-state index >= 15 is 0 Å². The molecule has 0 heterocycles. The number of rotatable bonds is 5. The number of nitrogens with zero attached hydrogens (tertiary/aromatic N) is 1. The molecule has 0 saturated carbocycles. The maximum Gasteiger partial charge on any atom is 0.419 e. The Morgan fingerprint density at radius 1 is 1.25 bits per heavy atom. The van der Waals surface area contributed by atoms with Gasteiger partial charge in [0.25, 0.3) is 0 Å². The summed E-state index contributed by atoms with van der Waals surface area (Å²) >= 11 is 0. The molecule has 0 aliphatic carbocycles. The second kappa shape index (κ2) is 6.12. The Balaban J connectivity index is 2.77. The molecule has 0 radical (unpaired) electrons. The van der Waals surface area contributed by atoms with Crippen molar-refractivity contribution >= 4 is 5.69 Å². The Morgan fingerprint density at radius 3 is 2.45 bits per heavy atom. The van der Waals surface area contributed by atoms with Crippen molar-refractivity contribution in [2.45, 2.75) is 32.9 Å². The number of halogens is 4. The highest BCUT2D eigenvalue weighted by molar-refractivity contribution is 5.47. The van der Waals surface area contributed by atoms with Gasteiger partial charge in [0.1, 0.15) is 5.82 Å². The summed E-state index contributed by atoms with van der Waals surface area (Å²) in [7, 11) is 0. The molecule has 0 atom stereocenters. The molecule has 20 heavy (non-hydrogen) atoms. The van der Waals surface area contributed by atoms with Gasteiger partial charge in [0.05, 0.1) is 11.6 Å². The largest absolute Gasteiger partial charge is 0.419 e. The van der Waals surface area contributed by atoms with Crippen LogP contribution in [-0.4, -0.2) is 6.54 Å². The van der Waals surface area contributed by atoms with Gasteiger partial charge in [-0.25, -0.2) is 4.39 Å². The van der Waals surface area contributed by atoms with E-state index in [-0.39, 0.29) is 11.1 Å². The Bertz CT molecular complexity index is 501. The van der Waals surface area contributed by atoms with Gasteiger partial charge in [-0.05, 0) is 30.0 Å². The van der Waals surface area contributed by atoms with Crippen LogP contribution >= 0.6 is 0 Å². The molecular weight excluding hydrogens is 272 g/mol. The Kier molecular flexibility index (Phi) is 4.98. The van der Waals surface area contributed by atoms with Crippen LogP contribution in [0.15, 0.2) is 18.2 Å². The first-order chi connectivity index (χ1) is 9.15. The molecule has 0 spiro atoms. The van der Waals surface area contributed by atoms with Gasteiger partial charge in [-0.15, -0.1) is 0 Å². The lowest BCUT2D eigenvalue weighted by Gasteiger charge is -2.24. The normalized spacial score (nSPS) is 12.1. The van der Waals surface area contributed by atoms with E-state index in [9.17, 15) is 17.6 Å². The van der Waals surface area contributed by atoms with Crippen LogP contribution in [0.1, 0.15) is 32.3 Å². The SMILES string of the molecule is CC(C)(CCC#N)CNc1ccc(F)c(C(F)(F)F)c1. The lowest BCUT2D eigenvalue weighted by Crippen LogP contribution is -2.23. The molecule has 0 saturated heterocycles. The summed E-state index contributed by atoms with van der Waals surface area (Å²) < 4.78 is 50.8. The summed E-state index contributed by atoms with van der Waals surface area (Å²) in [5.74, 6) is -1.29. The van der Waals surface area contributed by atoms with Gasteiger partial charge in [0.2, 0.25) is 0 Å². The fraction of sp³-hybridized carbons (Fsp3) is 0.500. The van der Waals surface area contributed by atoms with Crippen molar-refractivity contribution in [1.82, 2.24) is 0 Å². The number of nitriles is 1. The fourth-order valence-corrected chi connectivity index (χ4v) is 1.68.